The second kappa shape index (κ2) is 5.48. The van der Waals surface area contributed by atoms with Crippen molar-refractivity contribution in [3.05, 3.63) is 30.2 Å². The van der Waals surface area contributed by atoms with Crippen LogP contribution in [0, 0.1) is 0 Å². The number of hydrogen-bond donors (Lipinski definition) is 1. The first-order chi connectivity index (χ1) is 7.33. The van der Waals surface area contributed by atoms with Gasteiger partial charge in [0.15, 0.2) is 0 Å². The van der Waals surface area contributed by atoms with Crippen LogP contribution in [0.15, 0.2) is 28.8 Å². The van der Waals surface area contributed by atoms with E-state index >= 15 is 0 Å². The minimum absolute atomic E-state index is 0. The number of methoxy groups -OCH3 is 1. The lowest BCUT2D eigenvalue weighted by molar-refractivity contribution is 0.380. The van der Waals surface area contributed by atoms with Crippen molar-refractivity contribution in [2.24, 2.45) is 5.73 Å². The Hall–Kier alpha value is -1.59. The molecule has 0 unspecified atom stereocenters. The average Bonchev–Trinajstić information content (AvgIpc) is 2.78. The minimum Gasteiger partial charge on any atom is -0.497 e. The summed E-state index contributed by atoms with van der Waals surface area (Å²) >= 11 is 0. The average molecular weight is 242 g/mol. The predicted molar refractivity (Wildman–Crippen MR) is 61.4 cm³/mol. The third-order valence-electron chi connectivity index (χ3n) is 1.97. The highest BCUT2D eigenvalue weighted by molar-refractivity contribution is 5.85. The molecule has 2 aromatic rings. The van der Waals surface area contributed by atoms with Crippen molar-refractivity contribution >= 4 is 12.4 Å². The van der Waals surface area contributed by atoms with Gasteiger partial charge in [0.25, 0.3) is 0 Å². The summed E-state index contributed by atoms with van der Waals surface area (Å²) < 4.78 is 10.0. The molecule has 0 amide bonds. The minimum atomic E-state index is 0. The summed E-state index contributed by atoms with van der Waals surface area (Å²) in [7, 11) is 1.61. The van der Waals surface area contributed by atoms with E-state index < -0.39 is 0 Å². The molecule has 0 saturated heterocycles. The number of aromatic nitrogens is 2. The molecule has 16 heavy (non-hydrogen) atoms. The zero-order chi connectivity index (χ0) is 10.7. The second-order valence-corrected chi connectivity index (χ2v) is 2.95. The van der Waals surface area contributed by atoms with Gasteiger partial charge in [0.05, 0.1) is 13.7 Å². The number of rotatable bonds is 3. The smallest absolute Gasteiger partial charge is 0.240 e. The highest BCUT2D eigenvalue weighted by Crippen LogP contribution is 2.20. The van der Waals surface area contributed by atoms with E-state index in [4.69, 9.17) is 15.0 Å². The SMILES string of the molecule is COc1cccc(-c2noc(CN)n2)c1.Cl. The fraction of sp³-hybridized carbons (Fsp3) is 0.200. The molecule has 0 radical (unpaired) electrons. The first kappa shape index (κ1) is 12.5. The Balaban J connectivity index is 0.00000128. The van der Waals surface area contributed by atoms with Crippen LogP contribution in [-0.4, -0.2) is 17.3 Å². The largest absolute Gasteiger partial charge is 0.497 e. The van der Waals surface area contributed by atoms with E-state index in [1.54, 1.807) is 7.11 Å². The molecule has 1 heterocycles. The Labute approximate surface area is 99.0 Å². The fourth-order valence-corrected chi connectivity index (χ4v) is 1.22. The standard InChI is InChI=1S/C10H11N3O2.ClH/c1-14-8-4-2-3-7(5-8)10-12-9(6-11)15-13-10;/h2-5H,6,11H2,1H3;1H. The first-order valence-corrected chi connectivity index (χ1v) is 4.50. The number of halogens is 1. The third kappa shape index (κ3) is 2.50. The molecule has 86 valence electrons. The molecule has 0 aliphatic carbocycles. The summed E-state index contributed by atoms with van der Waals surface area (Å²) in [6, 6.07) is 7.44. The molecule has 6 heteroatoms. The van der Waals surface area contributed by atoms with E-state index in [2.05, 4.69) is 10.1 Å². The van der Waals surface area contributed by atoms with Crippen LogP contribution in [0.2, 0.25) is 0 Å². The van der Waals surface area contributed by atoms with Crippen LogP contribution >= 0.6 is 12.4 Å². The Kier molecular flexibility index (Phi) is 4.28. The summed E-state index contributed by atoms with van der Waals surface area (Å²) in [5.41, 5.74) is 6.22. The fourth-order valence-electron chi connectivity index (χ4n) is 1.22. The maximum absolute atomic E-state index is 5.38. The molecule has 0 aliphatic rings. The van der Waals surface area contributed by atoms with Crippen LogP contribution < -0.4 is 10.5 Å². The van der Waals surface area contributed by atoms with Crippen LogP contribution in [0.3, 0.4) is 0 Å². The van der Waals surface area contributed by atoms with E-state index in [-0.39, 0.29) is 19.0 Å². The van der Waals surface area contributed by atoms with Gasteiger partial charge in [-0.15, -0.1) is 12.4 Å². The van der Waals surface area contributed by atoms with Crippen molar-refractivity contribution < 1.29 is 9.26 Å². The molecule has 0 aliphatic heterocycles. The van der Waals surface area contributed by atoms with E-state index in [9.17, 15) is 0 Å². The summed E-state index contributed by atoms with van der Waals surface area (Å²) in [4.78, 5) is 4.12. The van der Waals surface area contributed by atoms with Gasteiger partial charge in [0, 0.05) is 5.56 Å². The van der Waals surface area contributed by atoms with E-state index in [0.717, 1.165) is 11.3 Å². The van der Waals surface area contributed by atoms with Gasteiger partial charge in [-0.1, -0.05) is 17.3 Å². The monoisotopic (exact) mass is 241 g/mol. The van der Waals surface area contributed by atoms with Gasteiger partial charge in [0.2, 0.25) is 11.7 Å². The van der Waals surface area contributed by atoms with E-state index in [1.165, 1.54) is 0 Å². The van der Waals surface area contributed by atoms with Crippen molar-refractivity contribution in [3.8, 4) is 17.1 Å². The van der Waals surface area contributed by atoms with Crippen molar-refractivity contribution in [1.82, 2.24) is 10.1 Å². The summed E-state index contributed by atoms with van der Waals surface area (Å²) in [6.45, 7) is 0.247. The molecule has 0 spiro atoms. The molecular weight excluding hydrogens is 230 g/mol. The highest BCUT2D eigenvalue weighted by atomic mass is 35.5. The summed E-state index contributed by atoms with van der Waals surface area (Å²) in [5.74, 6) is 1.70. The van der Waals surface area contributed by atoms with E-state index in [0.29, 0.717) is 11.7 Å². The Morgan fingerprint density at radius 2 is 2.25 bits per heavy atom. The van der Waals surface area contributed by atoms with Gasteiger partial charge in [-0.3, -0.25) is 0 Å². The topological polar surface area (TPSA) is 74.2 Å². The highest BCUT2D eigenvalue weighted by Gasteiger charge is 2.07. The van der Waals surface area contributed by atoms with Crippen molar-refractivity contribution in [1.29, 1.82) is 0 Å². The molecule has 2 N–H and O–H groups in total. The molecule has 2 rings (SSSR count). The molecule has 1 aromatic heterocycles. The maximum atomic E-state index is 5.38. The Morgan fingerprint density at radius 1 is 1.44 bits per heavy atom. The van der Waals surface area contributed by atoms with Gasteiger partial charge >= 0.3 is 0 Å². The van der Waals surface area contributed by atoms with Gasteiger partial charge in [-0.2, -0.15) is 4.98 Å². The van der Waals surface area contributed by atoms with Crippen molar-refractivity contribution in [3.63, 3.8) is 0 Å². The molecule has 5 nitrogen and oxygen atoms in total. The van der Waals surface area contributed by atoms with Crippen molar-refractivity contribution in [2.75, 3.05) is 7.11 Å². The van der Waals surface area contributed by atoms with Crippen LogP contribution in [-0.2, 0) is 6.54 Å². The van der Waals surface area contributed by atoms with E-state index in [1.807, 2.05) is 24.3 Å². The van der Waals surface area contributed by atoms with Gasteiger partial charge in [-0.05, 0) is 12.1 Å². The van der Waals surface area contributed by atoms with Crippen LogP contribution in [0.5, 0.6) is 5.75 Å². The lowest BCUT2D eigenvalue weighted by atomic mass is 10.2. The molecule has 0 saturated carbocycles. The lowest BCUT2D eigenvalue weighted by Gasteiger charge is -1.99. The maximum Gasteiger partial charge on any atom is 0.240 e. The van der Waals surface area contributed by atoms with Gasteiger partial charge < -0.3 is 15.0 Å². The molecule has 0 atom stereocenters. The molecule has 0 fully saturated rings. The normalized spacial score (nSPS) is 9.62. The van der Waals surface area contributed by atoms with Crippen molar-refractivity contribution in [2.45, 2.75) is 6.54 Å². The lowest BCUT2D eigenvalue weighted by Crippen LogP contribution is -1.95. The zero-order valence-corrected chi connectivity index (χ0v) is 9.53. The van der Waals surface area contributed by atoms with Crippen LogP contribution in [0.1, 0.15) is 5.89 Å². The van der Waals surface area contributed by atoms with Gasteiger partial charge in [0.1, 0.15) is 5.75 Å². The molecular formula is C10H12ClN3O2. The van der Waals surface area contributed by atoms with Gasteiger partial charge in [-0.25, -0.2) is 0 Å². The quantitative estimate of drug-likeness (QED) is 0.884. The molecule has 1 aromatic carbocycles. The summed E-state index contributed by atoms with van der Waals surface area (Å²) in [5, 5.41) is 3.81. The Morgan fingerprint density at radius 3 is 2.88 bits per heavy atom. The number of benzene rings is 1. The number of nitrogens with two attached hydrogens (primary N) is 1. The number of nitrogens with zero attached hydrogens (tertiary/aromatic N) is 2. The van der Waals surface area contributed by atoms with Crippen LogP contribution in [0.4, 0.5) is 0 Å². The third-order valence-corrected chi connectivity index (χ3v) is 1.97. The van der Waals surface area contributed by atoms with Crippen LogP contribution in [0.25, 0.3) is 11.4 Å². The zero-order valence-electron chi connectivity index (χ0n) is 8.71. The summed E-state index contributed by atoms with van der Waals surface area (Å²) in [6.07, 6.45) is 0. The Bertz CT molecular complexity index is 459. The second-order valence-electron chi connectivity index (χ2n) is 2.95. The first-order valence-electron chi connectivity index (χ1n) is 4.50. The predicted octanol–water partition coefficient (Wildman–Crippen LogP) is 1.63. The number of ether oxygens (including phenoxy) is 1. The molecule has 0 bridgehead atoms. The number of hydrogen-bond acceptors (Lipinski definition) is 5.